The fourth-order valence-corrected chi connectivity index (χ4v) is 6.75. The van der Waals surface area contributed by atoms with Crippen LogP contribution < -0.4 is 15.2 Å². The quantitative estimate of drug-likeness (QED) is 0.484. The number of hydrogen-bond donors (Lipinski definition) is 1. The molecule has 1 fully saturated rings. The molecule has 0 atom stereocenters. The lowest BCUT2D eigenvalue weighted by atomic mass is 9.94. The summed E-state index contributed by atoms with van der Waals surface area (Å²) in [5.41, 5.74) is 3.71. The first-order valence-electron chi connectivity index (χ1n) is 10.8. The molecule has 0 bridgehead atoms. The molecule has 6 rings (SSSR count). The number of pyridine rings is 1. The highest BCUT2D eigenvalue weighted by molar-refractivity contribution is 7.99. The summed E-state index contributed by atoms with van der Waals surface area (Å²) in [5.74, 6) is 3.82. The lowest BCUT2D eigenvalue weighted by molar-refractivity contribution is -0.328. The first kappa shape index (κ1) is 20.2. The molecule has 0 aromatic carbocycles. The van der Waals surface area contributed by atoms with Crippen LogP contribution >= 0.6 is 23.1 Å². The predicted molar refractivity (Wildman–Crippen MR) is 127 cm³/mol. The van der Waals surface area contributed by atoms with E-state index in [-0.39, 0.29) is 4.75 Å². The maximum atomic E-state index is 5.61. The summed E-state index contributed by atoms with van der Waals surface area (Å²) in [7, 11) is 0. The molecule has 4 aromatic heterocycles. The van der Waals surface area contributed by atoms with Crippen molar-refractivity contribution in [2.75, 3.05) is 36.5 Å². The Morgan fingerprint density at radius 1 is 1.22 bits per heavy atom. The van der Waals surface area contributed by atoms with Crippen molar-refractivity contribution in [3.8, 4) is 0 Å². The summed E-state index contributed by atoms with van der Waals surface area (Å²) in [6, 6.07) is 3.83. The van der Waals surface area contributed by atoms with Gasteiger partial charge in [-0.1, -0.05) is 25.2 Å². The van der Waals surface area contributed by atoms with Crippen molar-refractivity contribution in [3.05, 3.63) is 35.3 Å². The van der Waals surface area contributed by atoms with E-state index in [4.69, 9.17) is 9.15 Å². The lowest BCUT2D eigenvalue weighted by Crippen LogP contribution is -2.41. The third kappa shape index (κ3) is 3.50. The summed E-state index contributed by atoms with van der Waals surface area (Å²) >= 11 is 3.72. The van der Waals surface area contributed by atoms with Crippen LogP contribution in [0.25, 0.3) is 20.4 Å². The minimum Gasteiger partial charge on any atom is -0.467 e. The number of rotatable bonds is 4. The van der Waals surface area contributed by atoms with Crippen LogP contribution in [0.1, 0.15) is 30.7 Å². The van der Waals surface area contributed by atoms with Crippen LogP contribution in [0.5, 0.6) is 0 Å². The van der Waals surface area contributed by atoms with E-state index in [1.54, 1.807) is 17.6 Å². The number of aromatic amines is 1. The number of fused-ring (bicyclic) bond motifs is 5. The molecule has 1 saturated heterocycles. The van der Waals surface area contributed by atoms with E-state index in [1.807, 2.05) is 23.9 Å². The van der Waals surface area contributed by atoms with Crippen LogP contribution in [0.3, 0.4) is 0 Å². The highest BCUT2D eigenvalue weighted by Crippen LogP contribution is 2.46. The zero-order chi connectivity index (χ0) is 21.7. The number of thioether (sulfide) groups is 1. The van der Waals surface area contributed by atoms with E-state index >= 15 is 0 Å². The lowest BCUT2D eigenvalue weighted by Gasteiger charge is -2.32. The molecule has 0 unspecified atom stereocenters. The Morgan fingerprint density at radius 3 is 2.91 bits per heavy atom. The Morgan fingerprint density at radius 2 is 2.09 bits per heavy atom. The van der Waals surface area contributed by atoms with Crippen molar-refractivity contribution in [1.82, 2.24) is 15.4 Å². The van der Waals surface area contributed by atoms with Gasteiger partial charge >= 0.3 is 0 Å². The SMILES string of the molecule is CC1(C)Cc2c(c(N3CCOCC3)[nH+]c3sc4c(NCc5ccco5)nnnc4c23)CS1. The van der Waals surface area contributed by atoms with E-state index in [1.165, 1.54) is 22.3 Å². The van der Waals surface area contributed by atoms with Gasteiger partial charge in [0.15, 0.2) is 10.6 Å². The molecule has 8 nitrogen and oxygen atoms in total. The first-order chi connectivity index (χ1) is 15.6. The van der Waals surface area contributed by atoms with Crippen molar-refractivity contribution in [3.63, 3.8) is 0 Å². The van der Waals surface area contributed by atoms with E-state index in [0.29, 0.717) is 6.54 Å². The summed E-state index contributed by atoms with van der Waals surface area (Å²) in [4.78, 5) is 7.34. The third-order valence-electron chi connectivity index (χ3n) is 6.12. The molecular weight excluding hydrogens is 444 g/mol. The van der Waals surface area contributed by atoms with Gasteiger partial charge in [-0.3, -0.25) is 4.90 Å². The molecule has 0 aliphatic carbocycles. The highest BCUT2D eigenvalue weighted by Gasteiger charge is 2.36. The summed E-state index contributed by atoms with van der Waals surface area (Å²) in [5, 5.41) is 17.5. The van der Waals surface area contributed by atoms with E-state index < -0.39 is 0 Å². The number of anilines is 2. The van der Waals surface area contributed by atoms with E-state index in [0.717, 1.165) is 65.1 Å². The van der Waals surface area contributed by atoms with E-state index in [9.17, 15) is 0 Å². The van der Waals surface area contributed by atoms with Crippen molar-refractivity contribution in [2.45, 2.75) is 37.3 Å². The van der Waals surface area contributed by atoms with Crippen LogP contribution in [-0.4, -0.2) is 46.5 Å². The Hall–Kier alpha value is -2.43. The van der Waals surface area contributed by atoms with Crippen LogP contribution in [0, 0.1) is 0 Å². The predicted octanol–water partition coefficient (Wildman–Crippen LogP) is 3.66. The van der Waals surface area contributed by atoms with Crippen LogP contribution in [-0.2, 0) is 23.5 Å². The minimum absolute atomic E-state index is 0.179. The maximum Gasteiger partial charge on any atom is 0.280 e. The monoisotopic (exact) mass is 469 g/mol. The second-order valence-corrected chi connectivity index (χ2v) is 11.5. The molecule has 2 aliphatic heterocycles. The molecule has 2 aliphatic rings. The number of hydrogen-bond acceptors (Lipinski definition) is 9. The summed E-state index contributed by atoms with van der Waals surface area (Å²) in [6.45, 7) is 8.56. The van der Waals surface area contributed by atoms with Gasteiger partial charge < -0.3 is 14.5 Å². The fourth-order valence-electron chi connectivity index (χ4n) is 4.53. The second-order valence-electron chi connectivity index (χ2n) is 8.81. The molecule has 0 amide bonds. The van der Waals surface area contributed by atoms with Crippen LogP contribution in [0.4, 0.5) is 11.6 Å². The number of nitrogens with one attached hydrogen (secondary N) is 2. The van der Waals surface area contributed by atoms with Crippen molar-refractivity contribution in [1.29, 1.82) is 0 Å². The Balaban J connectivity index is 1.52. The van der Waals surface area contributed by atoms with Gasteiger partial charge in [-0.25, -0.2) is 4.98 Å². The number of aromatic nitrogens is 4. The maximum absolute atomic E-state index is 5.61. The van der Waals surface area contributed by atoms with Crippen LogP contribution in [0.2, 0.25) is 0 Å². The number of furan rings is 1. The van der Waals surface area contributed by atoms with Crippen molar-refractivity contribution >= 4 is 55.2 Å². The van der Waals surface area contributed by atoms with Crippen molar-refractivity contribution in [2.24, 2.45) is 0 Å². The number of H-pyrrole nitrogens is 1. The second kappa shape index (κ2) is 7.86. The van der Waals surface area contributed by atoms with Gasteiger partial charge in [0.2, 0.25) is 0 Å². The molecule has 0 radical (unpaired) electrons. The van der Waals surface area contributed by atoms with E-state index in [2.05, 4.69) is 44.5 Å². The van der Waals surface area contributed by atoms with Gasteiger partial charge in [-0.05, 0) is 29.3 Å². The molecule has 0 spiro atoms. The molecule has 4 aromatic rings. The molecule has 6 heterocycles. The molecular formula is C22H25N6O2S2+. The Kier molecular flexibility index (Phi) is 4.96. The Labute approximate surface area is 193 Å². The van der Waals surface area contributed by atoms with Gasteiger partial charge in [-0.2, -0.15) is 11.8 Å². The Bertz CT molecular complexity index is 1280. The standard InChI is InChI=1S/C22H24N6O2S2/c1-22(2)10-14-15(12-31-22)20(28-5-8-29-9-6-28)24-21-16(14)17-18(32-21)19(26-27-25-17)23-11-13-4-3-7-30-13/h3-4,7H,5-6,8-12H2,1-2H3,(H,23,25,26)/p+1. The largest absolute Gasteiger partial charge is 0.467 e. The fraction of sp³-hybridized carbons (Fsp3) is 0.455. The van der Waals surface area contributed by atoms with Gasteiger partial charge in [0.25, 0.3) is 5.82 Å². The average molecular weight is 470 g/mol. The zero-order valence-corrected chi connectivity index (χ0v) is 19.7. The summed E-state index contributed by atoms with van der Waals surface area (Å²) < 4.78 is 12.3. The summed E-state index contributed by atoms with van der Waals surface area (Å²) in [6.07, 6.45) is 2.68. The number of morpholine rings is 1. The van der Waals surface area contributed by atoms with Crippen molar-refractivity contribution < 1.29 is 14.1 Å². The minimum atomic E-state index is 0.179. The number of nitrogens with zero attached hydrogens (tertiary/aromatic N) is 4. The topological polar surface area (TPSA) is 90.5 Å². The molecule has 0 saturated carbocycles. The molecule has 32 heavy (non-hydrogen) atoms. The first-order valence-corrected chi connectivity index (χ1v) is 12.6. The highest BCUT2D eigenvalue weighted by atomic mass is 32.2. The molecule has 166 valence electrons. The zero-order valence-electron chi connectivity index (χ0n) is 18.1. The smallest absolute Gasteiger partial charge is 0.280 e. The third-order valence-corrected chi connectivity index (χ3v) is 8.58. The number of thiophene rings is 1. The van der Waals surface area contributed by atoms with Gasteiger partial charge in [0, 0.05) is 10.5 Å². The molecule has 10 heteroatoms. The van der Waals surface area contributed by atoms with Crippen LogP contribution in [0.15, 0.2) is 22.8 Å². The van der Waals surface area contributed by atoms with Gasteiger partial charge in [-0.15, -0.1) is 10.2 Å². The number of ether oxygens (including phenoxy) is 1. The normalized spacial score (nSPS) is 18.2. The van der Waals surface area contributed by atoms with Gasteiger partial charge in [0.1, 0.15) is 29.1 Å². The van der Waals surface area contributed by atoms with Gasteiger partial charge in [0.05, 0.1) is 37.0 Å². The molecule has 2 N–H and O–H groups in total. The average Bonchev–Trinajstić information content (AvgIpc) is 3.45.